The second-order valence-corrected chi connectivity index (χ2v) is 13.3. The third-order valence-corrected chi connectivity index (χ3v) is 9.85. The van der Waals surface area contributed by atoms with Crippen LogP contribution in [0.4, 0.5) is 0 Å². The molecular weight excluding hydrogens is 553 g/mol. The fourth-order valence-corrected chi connectivity index (χ4v) is 7.37. The highest BCUT2D eigenvalue weighted by atomic mass is 33.1. The Balaban J connectivity index is 1.76. The van der Waals surface area contributed by atoms with Crippen molar-refractivity contribution in [3.8, 4) is 0 Å². The van der Waals surface area contributed by atoms with Crippen molar-refractivity contribution in [1.82, 2.24) is 10.6 Å². The summed E-state index contributed by atoms with van der Waals surface area (Å²) in [5.74, 6) is 0.410. The van der Waals surface area contributed by atoms with Crippen LogP contribution < -0.4 is 10.6 Å². The van der Waals surface area contributed by atoms with Gasteiger partial charge in [0, 0.05) is 53.2 Å². The van der Waals surface area contributed by atoms with Gasteiger partial charge in [0.05, 0.1) is 30.4 Å². The van der Waals surface area contributed by atoms with Gasteiger partial charge in [-0.05, 0) is 38.1 Å². The Hall–Kier alpha value is -1.70. The third-order valence-electron chi connectivity index (χ3n) is 5.27. The highest BCUT2D eigenvalue weighted by Gasteiger charge is 2.21. The summed E-state index contributed by atoms with van der Waals surface area (Å²) in [6.45, 7) is 4.74. The minimum atomic E-state index is -0.556. The molecule has 2 N–H and O–H groups in total. The molecule has 2 heterocycles. The second-order valence-electron chi connectivity index (χ2n) is 8.20. The summed E-state index contributed by atoms with van der Waals surface area (Å²) in [4.78, 5) is 52.4. The van der Waals surface area contributed by atoms with Crippen molar-refractivity contribution >= 4 is 67.8 Å². The SMILES string of the molecule is COC(=O)CC(CSSCC(NCCC(=O)c1ccc(C)s1)C(=O)OC)NCCC(=O)c1ccc(C)s1. The van der Waals surface area contributed by atoms with E-state index < -0.39 is 6.04 Å². The molecule has 0 radical (unpaired) electrons. The van der Waals surface area contributed by atoms with E-state index in [0.717, 1.165) is 19.5 Å². The first kappa shape index (κ1) is 31.5. The molecule has 2 rings (SSSR count). The summed E-state index contributed by atoms with van der Waals surface area (Å²) in [5.41, 5.74) is 0. The van der Waals surface area contributed by atoms with E-state index >= 15 is 0 Å². The van der Waals surface area contributed by atoms with Gasteiger partial charge in [-0.2, -0.15) is 0 Å². The molecule has 2 aromatic rings. The average Bonchev–Trinajstić information content (AvgIpc) is 3.52. The van der Waals surface area contributed by atoms with Crippen LogP contribution in [-0.4, -0.2) is 74.4 Å². The van der Waals surface area contributed by atoms with Gasteiger partial charge in [0.1, 0.15) is 6.04 Å². The third kappa shape index (κ3) is 11.7. The Morgan fingerprint density at radius 1 is 0.811 bits per heavy atom. The largest absolute Gasteiger partial charge is 0.469 e. The van der Waals surface area contributed by atoms with Gasteiger partial charge in [-0.25, -0.2) is 0 Å². The summed E-state index contributed by atoms with van der Waals surface area (Å²) in [6, 6.07) is 6.77. The number of rotatable bonds is 18. The predicted molar refractivity (Wildman–Crippen MR) is 153 cm³/mol. The van der Waals surface area contributed by atoms with E-state index in [1.165, 1.54) is 58.5 Å². The van der Waals surface area contributed by atoms with Crippen LogP contribution >= 0.6 is 44.3 Å². The number of hydrogen-bond donors (Lipinski definition) is 2. The summed E-state index contributed by atoms with van der Waals surface area (Å²) in [6.07, 6.45) is 0.813. The highest BCUT2D eigenvalue weighted by Crippen LogP contribution is 2.24. The number of ketones is 2. The maximum atomic E-state index is 12.4. The number of carbonyl (C=O) groups is 4. The molecule has 204 valence electrons. The lowest BCUT2D eigenvalue weighted by Crippen LogP contribution is -2.40. The molecule has 12 heteroatoms. The quantitative estimate of drug-likeness (QED) is 0.113. The summed E-state index contributed by atoms with van der Waals surface area (Å²) >= 11 is 2.94. The fourth-order valence-electron chi connectivity index (χ4n) is 3.24. The Morgan fingerprint density at radius 3 is 1.84 bits per heavy atom. The second kappa shape index (κ2) is 17.0. The van der Waals surface area contributed by atoms with Crippen molar-refractivity contribution < 1.29 is 28.7 Å². The molecule has 0 saturated carbocycles. The minimum absolute atomic E-state index is 0.0423. The molecule has 2 atom stereocenters. The average molecular weight is 587 g/mol. The lowest BCUT2D eigenvalue weighted by molar-refractivity contribution is -0.142. The van der Waals surface area contributed by atoms with Gasteiger partial charge < -0.3 is 20.1 Å². The topological polar surface area (TPSA) is 111 Å². The lowest BCUT2D eigenvalue weighted by Gasteiger charge is -2.18. The van der Waals surface area contributed by atoms with Crippen LogP contribution in [0.25, 0.3) is 0 Å². The number of methoxy groups -OCH3 is 2. The zero-order valence-corrected chi connectivity index (χ0v) is 24.8. The lowest BCUT2D eigenvalue weighted by atomic mass is 10.2. The van der Waals surface area contributed by atoms with Crippen molar-refractivity contribution in [2.75, 3.05) is 38.8 Å². The number of hydrogen-bond acceptors (Lipinski definition) is 12. The summed E-state index contributed by atoms with van der Waals surface area (Å²) in [7, 11) is 5.68. The Labute approximate surface area is 234 Å². The van der Waals surface area contributed by atoms with Crippen molar-refractivity contribution in [1.29, 1.82) is 0 Å². The van der Waals surface area contributed by atoms with Crippen LogP contribution in [0.1, 0.15) is 48.4 Å². The first-order chi connectivity index (χ1) is 17.7. The normalized spacial score (nSPS) is 12.6. The molecule has 0 aliphatic carbocycles. The number of aryl methyl sites for hydroxylation is 2. The van der Waals surface area contributed by atoms with Gasteiger partial charge in [0.25, 0.3) is 0 Å². The van der Waals surface area contributed by atoms with Crippen LogP contribution in [0.5, 0.6) is 0 Å². The molecule has 0 amide bonds. The van der Waals surface area contributed by atoms with Gasteiger partial charge in [0.15, 0.2) is 11.6 Å². The van der Waals surface area contributed by atoms with Crippen LogP contribution in [0, 0.1) is 13.8 Å². The molecule has 8 nitrogen and oxygen atoms in total. The van der Waals surface area contributed by atoms with Gasteiger partial charge in [-0.1, -0.05) is 21.6 Å². The zero-order valence-electron chi connectivity index (χ0n) is 21.5. The van der Waals surface area contributed by atoms with Crippen LogP contribution in [0.15, 0.2) is 24.3 Å². The molecular formula is C25H34N2O6S4. The van der Waals surface area contributed by atoms with Crippen molar-refractivity contribution in [2.24, 2.45) is 0 Å². The molecule has 2 unspecified atom stereocenters. The van der Waals surface area contributed by atoms with Crippen molar-refractivity contribution in [3.63, 3.8) is 0 Å². The van der Waals surface area contributed by atoms with Crippen LogP contribution in [0.3, 0.4) is 0 Å². The summed E-state index contributed by atoms with van der Waals surface area (Å²) < 4.78 is 9.71. The smallest absolute Gasteiger partial charge is 0.323 e. The predicted octanol–water partition coefficient (Wildman–Crippen LogP) is 4.31. The van der Waals surface area contributed by atoms with Gasteiger partial charge in [-0.3, -0.25) is 19.2 Å². The Kier molecular flexibility index (Phi) is 14.5. The molecule has 0 bridgehead atoms. The fraction of sp³-hybridized carbons (Fsp3) is 0.520. The molecule has 0 aliphatic rings. The molecule has 0 aliphatic heterocycles. The number of nitrogens with one attached hydrogen (secondary N) is 2. The van der Waals surface area contributed by atoms with Gasteiger partial charge >= 0.3 is 11.9 Å². The van der Waals surface area contributed by atoms with E-state index in [1.807, 2.05) is 38.1 Å². The number of carbonyl (C=O) groups excluding carboxylic acids is 4. The minimum Gasteiger partial charge on any atom is -0.469 e. The van der Waals surface area contributed by atoms with Gasteiger partial charge in [0.2, 0.25) is 0 Å². The van der Waals surface area contributed by atoms with E-state index in [1.54, 1.807) is 0 Å². The van der Waals surface area contributed by atoms with E-state index in [9.17, 15) is 19.2 Å². The maximum Gasteiger partial charge on any atom is 0.323 e. The highest BCUT2D eigenvalue weighted by molar-refractivity contribution is 8.76. The van der Waals surface area contributed by atoms with E-state index in [2.05, 4.69) is 10.6 Å². The van der Waals surface area contributed by atoms with E-state index in [4.69, 9.17) is 9.47 Å². The number of esters is 2. The molecule has 0 spiro atoms. The van der Waals surface area contributed by atoms with Crippen molar-refractivity contribution in [2.45, 2.75) is 45.2 Å². The molecule has 0 fully saturated rings. The number of ether oxygens (including phenoxy) is 2. The maximum absolute atomic E-state index is 12.4. The summed E-state index contributed by atoms with van der Waals surface area (Å²) in [5, 5.41) is 6.40. The Bertz CT molecular complexity index is 1040. The monoisotopic (exact) mass is 586 g/mol. The Morgan fingerprint density at radius 2 is 1.35 bits per heavy atom. The van der Waals surface area contributed by atoms with Crippen molar-refractivity contribution in [3.05, 3.63) is 43.8 Å². The molecule has 0 aromatic carbocycles. The number of thiophene rings is 2. The zero-order chi connectivity index (χ0) is 27.2. The van der Waals surface area contributed by atoms with Crippen LogP contribution in [-0.2, 0) is 19.1 Å². The standard InChI is InChI=1S/C25H34N2O6S4/c1-16-5-7-22(36-16)20(28)9-11-26-18(13-24(30)32-3)14-34-35-15-19(25(31)33-4)27-12-10-21(29)23-8-6-17(2)37-23/h5-8,18-19,26-27H,9-15H2,1-4H3. The molecule has 0 saturated heterocycles. The number of Topliss-reactive ketones (excluding diaryl/α,β-unsaturated/α-hetero) is 2. The first-order valence-electron chi connectivity index (χ1n) is 11.8. The molecule has 2 aromatic heterocycles. The van der Waals surface area contributed by atoms with E-state index in [0.29, 0.717) is 37.4 Å². The van der Waals surface area contributed by atoms with Gasteiger partial charge in [-0.15, -0.1) is 22.7 Å². The van der Waals surface area contributed by atoms with Crippen LogP contribution in [0.2, 0.25) is 0 Å². The van der Waals surface area contributed by atoms with E-state index in [-0.39, 0.29) is 36.0 Å². The molecule has 37 heavy (non-hydrogen) atoms. The first-order valence-corrected chi connectivity index (χ1v) is 15.9.